The zero-order chi connectivity index (χ0) is 16.8. The van der Waals surface area contributed by atoms with Crippen molar-refractivity contribution in [2.24, 2.45) is 0 Å². The Bertz CT molecular complexity index is 388. The summed E-state index contributed by atoms with van der Waals surface area (Å²) < 4.78 is 0. The van der Waals surface area contributed by atoms with E-state index in [1.165, 1.54) is 11.8 Å². The van der Waals surface area contributed by atoms with Gasteiger partial charge in [-0.1, -0.05) is 6.92 Å². The summed E-state index contributed by atoms with van der Waals surface area (Å²) in [6.07, 6.45) is 3.00. The second-order valence-electron chi connectivity index (χ2n) is 4.63. The molecule has 0 aliphatic heterocycles. The van der Waals surface area contributed by atoms with Gasteiger partial charge in [-0.15, -0.1) is 0 Å². The summed E-state index contributed by atoms with van der Waals surface area (Å²) in [5.74, 6) is -0.0168. The molecule has 0 aliphatic carbocycles. The quantitative estimate of drug-likeness (QED) is 0.461. The molecule has 0 rings (SSSR count). The number of carbonyl (C=O) groups is 4. The van der Waals surface area contributed by atoms with E-state index >= 15 is 0 Å². The van der Waals surface area contributed by atoms with Crippen molar-refractivity contribution in [3.63, 3.8) is 0 Å². The Balaban J connectivity index is 3.56. The van der Waals surface area contributed by atoms with Crippen molar-refractivity contribution in [1.82, 2.24) is 16.0 Å². The number of Topliss-reactive ketones (excluding diaryl/α,β-unsaturated/α-hetero) is 1. The highest BCUT2D eigenvalue weighted by Crippen LogP contribution is 1.90. The fraction of sp³-hybridized carbons (Fsp3) is 0.714. The fourth-order valence-corrected chi connectivity index (χ4v) is 1.87. The number of thioether (sulfide) groups is 1. The number of nitrogens with one attached hydrogen (secondary N) is 3. The molecule has 0 atom stereocenters. The van der Waals surface area contributed by atoms with E-state index < -0.39 is 0 Å². The van der Waals surface area contributed by atoms with Gasteiger partial charge in [0.05, 0.1) is 5.75 Å². The van der Waals surface area contributed by atoms with E-state index in [2.05, 4.69) is 16.0 Å². The van der Waals surface area contributed by atoms with Crippen LogP contribution in [0.3, 0.4) is 0 Å². The second-order valence-corrected chi connectivity index (χ2v) is 5.49. The van der Waals surface area contributed by atoms with E-state index in [0.717, 1.165) is 0 Å². The molecule has 0 aromatic heterocycles. The third-order valence-corrected chi connectivity index (χ3v) is 3.30. The van der Waals surface area contributed by atoms with Gasteiger partial charge in [-0.3, -0.25) is 19.2 Å². The molecule has 0 saturated heterocycles. The highest BCUT2D eigenvalue weighted by Gasteiger charge is 2.06. The maximum atomic E-state index is 11.5. The number of ketones is 1. The Hall–Kier alpha value is -1.57. The Morgan fingerprint density at radius 3 is 1.68 bits per heavy atom. The van der Waals surface area contributed by atoms with Crippen LogP contribution < -0.4 is 16.0 Å². The molecule has 7 nitrogen and oxygen atoms in total. The van der Waals surface area contributed by atoms with Crippen LogP contribution in [0.4, 0.5) is 0 Å². The van der Waals surface area contributed by atoms with Crippen molar-refractivity contribution in [2.75, 3.05) is 31.6 Å². The normalized spacial score (nSPS) is 9.91. The Kier molecular flexibility index (Phi) is 12.2. The number of rotatable bonds is 12. The van der Waals surface area contributed by atoms with Crippen LogP contribution in [0.25, 0.3) is 0 Å². The molecule has 0 radical (unpaired) electrons. The first-order valence-corrected chi connectivity index (χ1v) is 8.69. The first kappa shape index (κ1) is 20.4. The summed E-state index contributed by atoms with van der Waals surface area (Å²) in [5.41, 5.74) is 0. The molecule has 22 heavy (non-hydrogen) atoms. The highest BCUT2D eigenvalue weighted by molar-refractivity contribution is 7.99. The van der Waals surface area contributed by atoms with Gasteiger partial charge in [0.1, 0.15) is 5.78 Å². The van der Waals surface area contributed by atoms with Crippen molar-refractivity contribution >= 4 is 35.3 Å². The van der Waals surface area contributed by atoms with E-state index in [1.54, 1.807) is 6.92 Å². The Morgan fingerprint density at radius 2 is 1.23 bits per heavy atom. The van der Waals surface area contributed by atoms with Crippen LogP contribution in [0, 0.1) is 0 Å². The summed E-state index contributed by atoms with van der Waals surface area (Å²) in [5, 5.41) is 7.86. The topological polar surface area (TPSA) is 104 Å². The van der Waals surface area contributed by atoms with Gasteiger partial charge in [0.15, 0.2) is 0 Å². The number of hydrogen-bond acceptors (Lipinski definition) is 5. The average molecular weight is 331 g/mol. The smallest absolute Gasteiger partial charge is 0.229 e. The maximum absolute atomic E-state index is 11.5. The highest BCUT2D eigenvalue weighted by atomic mass is 32.2. The van der Waals surface area contributed by atoms with Crippen LogP contribution >= 0.6 is 11.8 Å². The minimum absolute atomic E-state index is 0.0960. The molecule has 8 heteroatoms. The Morgan fingerprint density at radius 1 is 0.773 bits per heavy atom. The van der Waals surface area contributed by atoms with Gasteiger partial charge in [0.2, 0.25) is 17.7 Å². The number of amides is 3. The van der Waals surface area contributed by atoms with E-state index in [0.29, 0.717) is 25.1 Å². The van der Waals surface area contributed by atoms with Gasteiger partial charge in [0.25, 0.3) is 0 Å². The standard InChI is InChI=1S/C14H25N3O4S/c1-3-11(18)4-7-15-12(19)5-8-16-13(20)6-9-17-14(21)10-22-2/h3-10H2,1-2H3,(H,15,19)(H,16,20)(H,17,21). The lowest BCUT2D eigenvalue weighted by Crippen LogP contribution is -2.34. The molecule has 0 unspecified atom stereocenters. The van der Waals surface area contributed by atoms with Gasteiger partial charge in [-0.2, -0.15) is 11.8 Å². The first-order valence-electron chi connectivity index (χ1n) is 7.30. The predicted octanol–water partition coefficient (Wildman–Crippen LogP) is -0.153. The third-order valence-electron chi connectivity index (χ3n) is 2.74. The monoisotopic (exact) mass is 331 g/mol. The third kappa shape index (κ3) is 12.2. The van der Waals surface area contributed by atoms with Crippen molar-refractivity contribution in [1.29, 1.82) is 0 Å². The van der Waals surface area contributed by atoms with Gasteiger partial charge in [-0.05, 0) is 6.26 Å². The molecule has 0 spiro atoms. The molecule has 0 aromatic carbocycles. The molecule has 0 aromatic rings. The Labute approximate surface area is 135 Å². The molecule has 0 saturated carbocycles. The molecule has 0 heterocycles. The van der Waals surface area contributed by atoms with Crippen LogP contribution in [0.1, 0.15) is 32.6 Å². The summed E-state index contributed by atoms with van der Waals surface area (Å²) >= 11 is 1.42. The van der Waals surface area contributed by atoms with Crippen LogP contribution in [0.15, 0.2) is 0 Å². The molecule has 3 amide bonds. The van der Waals surface area contributed by atoms with Gasteiger partial charge in [0, 0.05) is 45.3 Å². The van der Waals surface area contributed by atoms with Gasteiger partial charge < -0.3 is 16.0 Å². The van der Waals surface area contributed by atoms with E-state index in [1.807, 2.05) is 6.26 Å². The number of hydrogen-bond donors (Lipinski definition) is 3. The van der Waals surface area contributed by atoms with Gasteiger partial charge in [-0.25, -0.2) is 0 Å². The molecule has 0 fully saturated rings. The molecule has 0 bridgehead atoms. The van der Waals surface area contributed by atoms with Crippen LogP contribution in [-0.2, 0) is 19.2 Å². The fourth-order valence-electron chi connectivity index (χ4n) is 1.51. The lowest BCUT2D eigenvalue weighted by Gasteiger charge is -2.07. The largest absolute Gasteiger partial charge is 0.356 e. The lowest BCUT2D eigenvalue weighted by atomic mass is 10.2. The molecule has 0 aliphatic rings. The number of carbonyl (C=O) groups excluding carboxylic acids is 4. The average Bonchev–Trinajstić information content (AvgIpc) is 2.47. The van der Waals surface area contributed by atoms with Crippen molar-refractivity contribution in [3.8, 4) is 0 Å². The van der Waals surface area contributed by atoms with E-state index in [9.17, 15) is 19.2 Å². The zero-order valence-electron chi connectivity index (χ0n) is 13.2. The maximum Gasteiger partial charge on any atom is 0.229 e. The van der Waals surface area contributed by atoms with Crippen molar-refractivity contribution < 1.29 is 19.2 Å². The van der Waals surface area contributed by atoms with Crippen LogP contribution in [-0.4, -0.2) is 55.1 Å². The van der Waals surface area contributed by atoms with Crippen molar-refractivity contribution in [2.45, 2.75) is 32.6 Å². The molecule has 126 valence electrons. The summed E-state index contributed by atoms with van der Waals surface area (Å²) in [4.78, 5) is 45.1. The molecular formula is C14H25N3O4S. The second kappa shape index (κ2) is 13.1. The van der Waals surface area contributed by atoms with Crippen LogP contribution in [0.2, 0.25) is 0 Å². The summed E-state index contributed by atoms with van der Waals surface area (Å²) in [6.45, 7) is 2.64. The lowest BCUT2D eigenvalue weighted by molar-refractivity contribution is -0.122. The van der Waals surface area contributed by atoms with Crippen molar-refractivity contribution in [3.05, 3.63) is 0 Å². The summed E-state index contributed by atoms with van der Waals surface area (Å²) in [6, 6.07) is 0. The SMILES string of the molecule is CCC(=O)CCNC(=O)CCNC(=O)CCNC(=O)CSC. The minimum Gasteiger partial charge on any atom is -0.356 e. The van der Waals surface area contributed by atoms with E-state index in [-0.39, 0.29) is 49.4 Å². The summed E-state index contributed by atoms with van der Waals surface area (Å²) in [7, 11) is 0. The minimum atomic E-state index is -0.210. The predicted molar refractivity (Wildman–Crippen MR) is 86.6 cm³/mol. The van der Waals surface area contributed by atoms with E-state index in [4.69, 9.17) is 0 Å². The molecule has 3 N–H and O–H groups in total. The molecular weight excluding hydrogens is 306 g/mol. The van der Waals surface area contributed by atoms with Crippen LogP contribution in [0.5, 0.6) is 0 Å². The van der Waals surface area contributed by atoms with Gasteiger partial charge >= 0.3 is 0 Å². The first-order chi connectivity index (χ1) is 10.5. The zero-order valence-corrected chi connectivity index (χ0v) is 14.0.